The van der Waals surface area contributed by atoms with Gasteiger partial charge in [-0.25, -0.2) is 0 Å². The predicted molar refractivity (Wildman–Crippen MR) is 40.6 cm³/mol. The first-order valence-corrected chi connectivity index (χ1v) is 4.02. The van der Waals surface area contributed by atoms with E-state index in [0.717, 1.165) is 13.0 Å². The van der Waals surface area contributed by atoms with Crippen LogP contribution in [0.1, 0.15) is 32.1 Å². The van der Waals surface area contributed by atoms with Gasteiger partial charge in [0.05, 0.1) is 0 Å². The zero-order chi connectivity index (χ0) is 7.23. The van der Waals surface area contributed by atoms with Crippen molar-refractivity contribution in [3.05, 3.63) is 0 Å². The van der Waals surface area contributed by atoms with Crippen molar-refractivity contribution in [1.82, 2.24) is 5.32 Å². The standard InChI is InChI=1S/C8H14NO/c10-7-5-8-4-2-1-3-6-9-8/h8-9H,1-6H2. The van der Waals surface area contributed by atoms with E-state index < -0.39 is 0 Å². The summed E-state index contributed by atoms with van der Waals surface area (Å²) in [5, 5.41) is 3.32. The second kappa shape index (κ2) is 4.45. The van der Waals surface area contributed by atoms with Crippen molar-refractivity contribution < 1.29 is 4.79 Å². The van der Waals surface area contributed by atoms with Crippen LogP contribution in [0.5, 0.6) is 0 Å². The monoisotopic (exact) mass is 140 g/mol. The highest BCUT2D eigenvalue weighted by molar-refractivity contribution is 5.51. The van der Waals surface area contributed by atoms with Gasteiger partial charge in [0, 0.05) is 12.5 Å². The van der Waals surface area contributed by atoms with E-state index in [9.17, 15) is 4.79 Å². The third kappa shape index (κ3) is 2.48. The van der Waals surface area contributed by atoms with Crippen LogP contribution in [0.2, 0.25) is 0 Å². The van der Waals surface area contributed by atoms with Gasteiger partial charge in [-0.05, 0) is 19.4 Å². The van der Waals surface area contributed by atoms with E-state index in [1.807, 2.05) is 6.29 Å². The topological polar surface area (TPSA) is 29.1 Å². The molecule has 0 bridgehead atoms. The molecule has 1 unspecified atom stereocenters. The van der Waals surface area contributed by atoms with Gasteiger partial charge < -0.3 is 5.32 Å². The summed E-state index contributed by atoms with van der Waals surface area (Å²) in [6.45, 7) is 1.08. The van der Waals surface area contributed by atoms with Gasteiger partial charge >= 0.3 is 0 Å². The minimum Gasteiger partial charge on any atom is -0.314 e. The smallest absolute Gasteiger partial charge is 0.199 e. The normalized spacial score (nSPS) is 27.4. The van der Waals surface area contributed by atoms with Crippen molar-refractivity contribution >= 4 is 6.29 Å². The second-order valence-corrected chi connectivity index (χ2v) is 2.85. The molecule has 2 nitrogen and oxygen atoms in total. The molecule has 2 heteroatoms. The summed E-state index contributed by atoms with van der Waals surface area (Å²) in [4.78, 5) is 10.0. The molecular formula is C8H14NO. The Morgan fingerprint density at radius 3 is 3.10 bits per heavy atom. The Morgan fingerprint density at radius 1 is 1.40 bits per heavy atom. The van der Waals surface area contributed by atoms with Crippen molar-refractivity contribution in [2.24, 2.45) is 0 Å². The van der Waals surface area contributed by atoms with E-state index in [0.29, 0.717) is 12.5 Å². The molecule has 57 valence electrons. The van der Waals surface area contributed by atoms with Crippen LogP contribution in [0.25, 0.3) is 0 Å². The van der Waals surface area contributed by atoms with Crippen molar-refractivity contribution in [3.63, 3.8) is 0 Å². The van der Waals surface area contributed by atoms with Crippen molar-refractivity contribution in [3.8, 4) is 0 Å². The molecule has 1 N–H and O–H groups in total. The predicted octanol–water partition coefficient (Wildman–Crippen LogP) is 1.02. The third-order valence-electron chi connectivity index (χ3n) is 1.99. The molecule has 1 fully saturated rings. The van der Waals surface area contributed by atoms with Crippen LogP contribution in [-0.2, 0) is 4.79 Å². The highest BCUT2D eigenvalue weighted by Crippen LogP contribution is 2.09. The molecule has 10 heavy (non-hydrogen) atoms. The highest BCUT2D eigenvalue weighted by atomic mass is 16.1. The molecule has 0 aromatic rings. The quantitative estimate of drug-likeness (QED) is 0.620. The van der Waals surface area contributed by atoms with Gasteiger partial charge in [-0.2, -0.15) is 0 Å². The van der Waals surface area contributed by atoms with Crippen LogP contribution in [0.4, 0.5) is 0 Å². The Labute approximate surface area is 62.0 Å². The highest BCUT2D eigenvalue weighted by Gasteiger charge is 2.09. The SMILES string of the molecule is O=[C]CC1CCCCCN1. The molecular weight excluding hydrogens is 126 g/mol. The van der Waals surface area contributed by atoms with E-state index in [1.165, 1.54) is 19.3 Å². The molecule has 1 aliphatic heterocycles. The molecule has 1 radical (unpaired) electrons. The largest absolute Gasteiger partial charge is 0.314 e. The van der Waals surface area contributed by atoms with Crippen molar-refractivity contribution in [2.75, 3.05) is 6.54 Å². The lowest BCUT2D eigenvalue weighted by Crippen LogP contribution is -2.28. The minimum atomic E-state index is 0.417. The fraction of sp³-hybridized carbons (Fsp3) is 0.875. The van der Waals surface area contributed by atoms with E-state index >= 15 is 0 Å². The summed E-state index contributed by atoms with van der Waals surface area (Å²) in [5.41, 5.74) is 0. The van der Waals surface area contributed by atoms with Crippen LogP contribution in [0, 0.1) is 0 Å². The van der Waals surface area contributed by atoms with Gasteiger partial charge in [-0.1, -0.05) is 12.8 Å². The zero-order valence-electron chi connectivity index (χ0n) is 6.23. The summed E-state index contributed by atoms with van der Waals surface area (Å²) < 4.78 is 0. The molecule has 1 rings (SSSR count). The fourth-order valence-electron chi connectivity index (χ4n) is 1.38. The van der Waals surface area contributed by atoms with Crippen LogP contribution >= 0.6 is 0 Å². The molecule has 0 spiro atoms. The van der Waals surface area contributed by atoms with E-state index in [2.05, 4.69) is 5.32 Å². The van der Waals surface area contributed by atoms with Crippen molar-refractivity contribution in [2.45, 2.75) is 38.1 Å². The number of rotatable bonds is 2. The molecule has 0 amide bonds. The lowest BCUT2D eigenvalue weighted by atomic mass is 10.1. The van der Waals surface area contributed by atoms with Crippen LogP contribution < -0.4 is 5.32 Å². The average molecular weight is 140 g/mol. The molecule has 1 saturated heterocycles. The van der Waals surface area contributed by atoms with Gasteiger partial charge in [0.15, 0.2) is 6.29 Å². The first kappa shape index (κ1) is 7.73. The first-order chi connectivity index (χ1) is 4.93. The summed E-state index contributed by atoms with van der Waals surface area (Å²) in [7, 11) is 0. The van der Waals surface area contributed by atoms with Gasteiger partial charge in [0.25, 0.3) is 0 Å². The molecule has 1 atom stereocenters. The van der Waals surface area contributed by atoms with E-state index in [1.54, 1.807) is 0 Å². The van der Waals surface area contributed by atoms with Gasteiger partial charge in [0.1, 0.15) is 0 Å². The van der Waals surface area contributed by atoms with Crippen molar-refractivity contribution in [1.29, 1.82) is 0 Å². The minimum absolute atomic E-state index is 0.417. The van der Waals surface area contributed by atoms with E-state index in [-0.39, 0.29) is 0 Å². The molecule has 0 aliphatic carbocycles. The van der Waals surface area contributed by atoms with Gasteiger partial charge in [0.2, 0.25) is 0 Å². The molecule has 0 aromatic carbocycles. The Kier molecular flexibility index (Phi) is 3.44. The summed E-state index contributed by atoms with van der Waals surface area (Å²) >= 11 is 0. The summed E-state index contributed by atoms with van der Waals surface area (Å²) in [5.74, 6) is 0. The lowest BCUT2D eigenvalue weighted by molar-refractivity contribution is 0.494. The lowest BCUT2D eigenvalue weighted by Gasteiger charge is -2.10. The summed E-state index contributed by atoms with van der Waals surface area (Å²) in [6.07, 6.45) is 7.50. The molecule has 0 aromatic heterocycles. The molecule has 0 saturated carbocycles. The number of hydrogen-bond donors (Lipinski definition) is 1. The third-order valence-corrected chi connectivity index (χ3v) is 1.99. The zero-order valence-corrected chi connectivity index (χ0v) is 6.23. The Hall–Kier alpha value is -0.370. The number of carbonyl (C=O) groups excluding carboxylic acids is 1. The van der Waals surface area contributed by atoms with Gasteiger partial charge in [-0.15, -0.1) is 0 Å². The maximum absolute atomic E-state index is 10.0. The summed E-state index contributed by atoms with van der Waals surface area (Å²) in [6, 6.07) is 0.417. The van der Waals surface area contributed by atoms with E-state index in [4.69, 9.17) is 0 Å². The Bertz CT molecular complexity index is 95.4. The average Bonchev–Trinajstić information content (AvgIpc) is 2.17. The Balaban J connectivity index is 2.21. The molecule has 1 aliphatic rings. The van der Waals surface area contributed by atoms with Crippen LogP contribution in [0.15, 0.2) is 0 Å². The maximum atomic E-state index is 10.0. The second-order valence-electron chi connectivity index (χ2n) is 2.85. The molecule has 1 heterocycles. The fourth-order valence-corrected chi connectivity index (χ4v) is 1.38. The van der Waals surface area contributed by atoms with Gasteiger partial charge in [-0.3, -0.25) is 4.79 Å². The number of hydrogen-bond acceptors (Lipinski definition) is 2. The Morgan fingerprint density at radius 2 is 2.30 bits per heavy atom. The van der Waals surface area contributed by atoms with Crippen LogP contribution in [0.3, 0.4) is 0 Å². The first-order valence-electron chi connectivity index (χ1n) is 4.02. The number of nitrogens with one attached hydrogen (secondary N) is 1. The maximum Gasteiger partial charge on any atom is 0.199 e. The van der Waals surface area contributed by atoms with Crippen LogP contribution in [-0.4, -0.2) is 18.9 Å².